The SMILES string of the molecule is CC(C)CN(C)C(=O)c1cc(O)cc(O)c1. The zero-order valence-corrected chi connectivity index (χ0v) is 9.77. The molecule has 0 aliphatic heterocycles. The van der Waals surface area contributed by atoms with Crippen LogP contribution in [0.15, 0.2) is 18.2 Å². The summed E-state index contributed by atoms with van der Waals surface area (Å²) in [6, 6.07) is 3.89. The monoisotopic (exact) mass is 223 g/mol. The summed E-state index contributed by atoms with van der Waals surface area (Å²) >= 11 is 0. The molecule has 0 atom stereocenters. The summed E-state index contributed by atoms with van der Waals surface area (Å²) in [4.78, 5) is 13.5. The van der Waals surface area contributed by atoms with E-state index in [1.54, 1.807) is 11.9 Å². The number of rotatable bonds is 3. The smallest absolute Gasteiger partial charge is 0.253 e. The van der Waals surface area contributed by atoms with Gasteiger partial charge < -0.3 is 15.1 Å². The van der Waals surface area contributed by atoms with Gasteiger partial charge in [-0.2, -0.15) is 0 Å². The summed E-state index contributed by atoms with van der Waals surface area (Å²) in [5, 5.41) is 18.6. The van der Waals surface area contributed by atoms with E-state index >= 15 is 0 Å². The van der Waals surface area contributed by atoms with E-state index in [0.29, 0.717) is 18.0 Å². The lowest BCUT2D eigenvalue weighted by Crippen LogP contribution is -2.30. The molecule has 0 unspecified atom stereocenters. The minimum absolute atomic E-state index is 0.110. The highest BCUT2D eigenvalue weighted by molar-refractivity contribution is 5.94. The Labute approximate surface area is 95.1 Å². The lowest BCUT2D eigenvalue weighted by Gasteiger charge is -2.19. The lowest BCUT2D eigenvalue weighted by molar-refractivity contribution is 0.0778. The summed E-state index contributed by atoms with van der Waals surface area (Å²) in [6.07, 6.45) is 0. The molecule has 2 N–H and O–H groups in total. The first kappa shape index (κ1) is 12.4. The van der Waals surface area contributed by atoms with Crippen molar-refractivity contribution >= 4 is 5.91 Å². The van der Waals surface area contributed by atoms with Gasteiger partial charge in [0.05, 0.1) is 0 Å². The van der Waals surface area contributed by atoms with E-state index in [2.05, 4.69) is 0 Å². The molecule has 0 heterocycles. The second kappa shape index (κ2) is 4.88. The molecule has 0 aromatic heterocycles. The van der Waals surface area contributed by atoms with Crippen LogP contribution in [0, 0.1) is 5.92 Å². The predicted octanol–water partition coefficient (Wildman–Crippen LogP) is 1.83. The van der Waals surface area contributed by atoms with Crippen LogP contribution in [0.1, 0.15) is 24.2 Å². The highest BCUT2D eigenvalue weighted by Crippen LogP contribution is 2.21. The number of phenolic OH excluding ortho intramolecular Hbond substituents is 2. The van der Waals surface area contributed by atoms with Crippen LogP contribution in [0.3, 0.4) is 0 Å². The maximum absolute atomic E-state index is 11.9. The molecule has 0 fully saturated rings. The minimum atomic E-state index is -0.208. The summed E-state index contributed by atoms with van der Waals surface area (Å²) in [7, 11) is 1.70. The molecule has 1 aromatic carbocycles. The van der Waals surface area contributed by atoms with Crippen molar-refractivity contribution in [2.75, 3.05) is 13.6 Å². The molecule has 0 bridgehead atoms. The Morgan fingerprint density at radius 1 is 1.25 bits per heavy atom. The molecule has 0 aliphatic carbocycles. The minimum Gasteiger partial charge on any atom is -0.508 e. The summed E-state index contributed by atoms with van der Waals surface area (Å²) in [5.41, 5.74) is 0.292. The number of hydrogen-bond acceptors (Lipinski definition) is 3. The molecule has 0 saturated heterocycles. The first-order valence-electron chi connectivity index (χ1n) is 5.18. The second-order valence-corrected chi connectivity index (χ2v) is 4.32. The lowest BCUT2D eigenvalue weighted by atomic mass is 10.1. The van der Waals surface area contributed by atoms with Gasteiger partial charge in [0.2, 0.25) is 0 Å². The van der Waals surface area contributed by atoms with Crippen LogP contribution in [0.2, 0.25) is 0 Å². The Morgan fingerprint density at radius 2 is 1.75 bits per heavy atom. The van der Waals surface area contributed by atoms with Crippen molar-refractivity contribution in [3.8, 4) is 11.5 Å². The van der Waals surface area contributed by atoms with Gasteiger partial charge in [-0.25, -0.2) is 0 Å². The number of phenols is 2. The quantitative estimate of drug-likeness (QED) is 0.821. The maximum atomic E-state index is 11.9. The molecule has 0 aliphatic rings. The highest BCUT2D eigenvalue weighted by Gasteiger charge is 2.14. The molecule has 0 saturated carbocycles. The topological polar surface area (TPSA) is 60.8 Å². The standard InChI is InChI=1S/C12H17NO3/c1-8(2)7-13(3)12(16)9-4-10(14)6-11(15)5-9/h4-6,8,14-15H,7H2,1-3H3. The zero-order chi connectivity index (χ0) is 12.3. The molecule has 4 heteroatoms. The van der Waals surface area contributed by atoms with Crippen molar-refractivity contribution in [1.82, 2.24) is 4.90 Å². The van der Waals surface area contributed by atoms with Crippen molar-refractivity contribution in [3.05, 3.63) is 23.8 Å². The number of carbonyl (C=O) groups excluding carboxylic acids is 1. The number of amides is 1. The Balaban J connectivity index is 2.87. The van der Waals surface area contributed by atoms with Gasteiger partial charge in [-0.1, -0.05) is 13.8 Å². The Morgan fingerprint density at radius 3 is 2.19 bits per heavy atom. The van der Waals surface area contributed by atoms with Gasteiger partial charge in [0.25, 0.3) is 5.91 Å². The molecule has 16 heavy (non-hydrogen) atoms. The van der Waals surface area contributed by atoms with Gasteiger partial charge in [0.15, 0.2) is 0 Å². The van der Waals surface area contributed by atoms with Gasteiger partial charge >= 0.3 is 0 Å². The third-order valence-corrected chi connectivity index (χ3v) is 2.14. The van der Waals surface area contributed by atoms with Crippen molar-refractivity contribution < 1.29 is 15.0 Å². The van der Waals surface area contributed by atoms with Crippen molar-refractivity contribution in [2.24, 2.45) is 5.92 Å². The predicted molar refractivity (Wildman–Crippen MR) is 61.6 cm³/mol. The van der Waals surface area contributed by atoms with E-state index in [1.165, 1.54) is 18.2 Å². The van der Waals surface area contributed by atoms with E-state index in [-0.39, 0.29) is 17.4 Å². The average Bonchev–Trinajstić information content (AvgIpc) is 2.13. The fourth-order valence-corrected chi connectivity index (χ4v) is 1.57. The fourth-order valence-electron chi connectivity index (χ4n) is 1.57. The fraction of sp³-hybridized carbons (Fsp3) is 0.417. The van der Waals surface area contributed by atoms with E-state index < -0.39 is 0 Å². The first-order chi connectivity index (χ1) is 7.40. The Hall–Kier alpha value is -1.71. The van der Waals surface area contributed by atoms with Gasteiger partial charge in [-0.3, -0.25) is 4.79 Å². The van der Waals surface area contributed by atoms with Gasteiger partial charge in [-0.15, -0.1) is 0 Å². The molecular formula is C12H17NO3. The van der Waals surface area contributed by atoms with E-state index in [4.69, 9.17) is 0 Å². The highest BCUT2D eigenvalue weighted by atomic mass is 16.3. The third kappa shape index (κ3) is 3.15. The third-order valence-electron chi connectivity index (χ3n) is 2.14. The van der Waals surface area contributed by atoms with Crippen LogP contribution in [0.5, 0.6) is 11.5 Å². The van der Waals surface area contributed by atoms with Crippen molar-refractivity contribution in [1.29, 1.82) is 0 Å². The largest absolute Gasteiger partial charge is 0.508 e. The molecule has 1 aromatic rings. The van der Waals surface area contributed by atoms with E-state index in [9.17, 15) is 15.0 Å². The molecule has 4 nitrogen and oxygen atoms in total. The average molecular weight is 223 g/mol. The van der Waals surface area contributed by atoms with Crippen LogP contribution in [-0.4, -0.2) is 34.6 Å². The number of benzene rings is 1. The van der Waals surface area contributed by atoms with E-state index in [0.717, 1.165) is 0 Å². The van der Waals surface area contributed by atoms with Gasteiger partial charge in [0.1, 0.15) is 11.5 Å². The van der Waals surface area contributed by atoms with Crippen LogP contribution in [0.4, 0.5) is 0 Å². The van der Waals surface area contributed by atoms with Crippen molar-refractivity contribution in [3.63, 3.8) is 0 Å². The molecule has 1 rings (SSSR count). The van der Waals surface area contributed by atoms with Crippen LogP contribution in [-0.2, 0) is 0 Å². The van der Waals surface area contributed by atoms with Crippen LogP contribution in [0.25, 0.3) is 0 Å². The number of aromatic hydroxyl groups is 2. The number of hydrogen-bond donors (Lipinski definition) is 2. The molecule has 0 radical (unpaired) electrons. The van der Waals surface area contributed by atoms with E-state index in [1.807, 2.05) is 13.8 Å². The number of nitrogens with zero attached hydrogens (tertiary/aromatic N) is 1. The first-order valence-corrected chi connectivity index (χ1v) is 5.18. The normalized spacial score (nSPS) is 10.5. The molecular weight excluding hydrogens is 206 g/mol. The second-order valence-electron chi connectivity index (χ2n) is 4.32. The summed E-state index contributed by atoms with van der Waals surface area (Å²) in [6.45, 7) is 4.67. The molecule has 0 spiro atoms. The maximum Gasteiger partial charge on any atom is 0.253 e. The molecule has 88 valence electrons. The zero-order valence-electron chi connectivity index (χ0n) is 9.77. The Kier molecular flexibility index (Phi) is 3.77. The van der Waals surface area contributed by atoms with Gasteiger partial charge in [-0.05, 0) is 18.1 Å². The summed E-state index contributed by atoms with van der Waals surface area (Å²) < 4.78 is 0. The Bertz CT molecular complexity index is 368. The van der Waals surface area contributed by atoms with Gasteiger partial charge in [0, 0.05) is 25.2 Å². The van der Waals surface area contributed by atoms with Crippen molar-refractivity contribution in [2.45, 2.75) is 13.8 Å². The molecule has 1 amide bonds. The van der Waals surface area contributed by atoms with Crippen LogP contribution < -0.4 is 0 Å². The van der Waals surface area contributed by atoms with Crippen LogP contribution >= 0.6 is 0 Å². The summed E-state index contributed by atoms with van der Waals surface area (Å²) in [5.74, 6) is -0.0534. The number of carbonyl (C=O) groups is 1.